The van der Waals surface area contributed by atoms with Gasteiger partial charge in [-0.3, -0.25) is 4.79 Å². The van der Waals surface area contributed by atoms with E-state index in [-0.39, 0.29) is 11.7 Å². The summed E-state index contributed by atoms with van der Waals surface area (Å²) >= 11 is 0. The van der Waals surface area contributed by atoms with Gasteiger partial charge in [0, 0.05) is 29.6 Å². The lowest BCUT2D eigenvalue weighted by Crippen LogP contribution is -2.25. The molecule has 0 bridgehead atoms. The minimum absolute atomic E-state index is 0.154. The van der Waals surface area contributed by atoms with Crippen molar-refractivity contribution in [1.82, 2.24) is 14.7 Å². The number of rotatable bonds is 3. The van der Waals surface area contributed by atoms with E-state index < -0.39 is 0 Å². The molecule has 1 saturated carbocycles. The SMILES string of the molecule is O=C(NC1CC1)c1cn2cc(-c3ccccc3F)ccc2n1. The topological polar surface area (TPSA) is 46.4 Å². The van der Waals surface area contributed by atoms with Crippen molar-refractivity contribution in [2.45, 2.75) is 18.9 Å². The Morgan fingerprint density at radius 2 is 2.00 bits per heavy atom. The van der Waals surface area contributed by atoms with Crippen LogP contribution in [0.15, 0.2) is 48.8 Å². The Kier molecular flexibility index (Phi) is 2.92. The fourth-order valence-electron chi connectivity index (χ4n) is 2.44. The summed E-state index contributed by atoms with van der Waals surface area (Å²) in [7, 11) is 0. The Balaban J connectivity index is 1.71. The summed E-state index contributed by atoms with van der Waals surface area (Å²) in [6.45, 7) is 0. The third kappa shape index (κ3) is 2.35. The molecule has 1 aliphatic carbocycles. The van der Waals surface area contributed by atoms with Gasteiger partial charge in [-0.25, -0.2) is 9.37 Å². The number of hydrogen-bond acceptors (Lipinski definition) is 2. The summed E-state index contributed by atoms with van der Waals surface area (Å²) in [5, 5.41) is 2.91. The highest BCUT2D eigenvalue weighted by Gasteiger charge is 2.24. The van der Waals surface area contributed by atoms with Crippen molar-refractivity contribution in [1.29, 1.82) is 0 Å². The van der Waals surface area contributed by atoms with Crippen molar-refractivity contribution in [2.24, 2.45) is 0 Å². The number of aromatic nitrogens is 2. The Bertz CT molecular complexity index is 867. The summed E-state index contributed by atoms with van der Waals surface area (Å²) < 4.78 is 15.6. The number of benzene rings is 1. The predicted molar refractivity (Wildman–Crippen MR) is 81.1 cm³/mol. The van der Waals surface area contributed by atoms with Gasteiger partial charge < -0.3 is 9.72 Å². The fourth-order valence-corrected chi connectivity index (χ4v) is 2.44. The number of carbonyl (C=O) groups excluding carboxylic acids is 1. The molecule has 0 unspecified atom stereocenters. The zero-order valence-corrected chi connectivity index (χ0v) is 11.8. The quantitative estimate of drug-likeness (QED) is 0.807. The monoisotopic (exact) mass is 295 g/mol. The molecule has 1 aromatic carbocycles. The van der Waals surface area contributed by atoms with E-state index in [1.807, 2.05) is 6.07 Å². The Hall–Kier alpha value is -2.69. The molecule has 2 heterocycles. The van der Waals surface area contributed by atoms with E-state index in [9.17, 15) is 9.18 Å². The van der Waals surface area contributed by atoms with Gasteiger partial charge in [0.15, 0.2) is 0 Å². The molecular weight excluding hydrogens is 281 g/mol. The first-order chi connectivity index (χ1) is 10.7. The van der Waals surface area contributed by atoms with E-state index in [1.54, 1.807) is 41.1 Å². The largest absolute Gasteiger partial charge is 0.348 e. The maximum atomic E-state index is 13.9. The van der Waals surface area contributed by atoms with Crippen LogP contribution in [0.5, 0.6) is 0 Å². The molecule has 1 fully saturated rings. The maximum Gasteiger partial charge on any atom is 0.271 e. The third-order valence-electron chi connectivity index (χ3n) is 3.78. The van der Waals surface area contributed by atoms with Gasteiger partial charge in [0.05, 0.1) is 0 Å². The van der Waals surface area contributed by atoms with Gasteiger partial charge in [-0.05, 0) is 31.0 Å². The van der Waals surface area contributed by atoms with Crippen LogP contribution < -0.4 is 5.32 Å². The molecular formula is C17H14FN3O. The molecule has 0 saturated heterocycles. The Morgan fingerprint density at radius 3 is 2.77 bits per heavy atom. The van der Waals surface area contributed by atoms with Gasteiger partial charge in [0.25, 0.3) is 5.91 Å². The van der Waals surface area contributed by atoms with E-state index >= 15 is 0 Å². The van der Waals surface area contributed by atoms with Gasteiger partial charge in [0.2, 0.25) is 0 Å². The molecule has 2 aromatic heterocycles. The van der Waals surface area contributed by atoms with Crippen LogP contribution in [0.1, 0.15) is 23.3 Å². The molecule has 1 N–H and O–H groups in total. The lowest BCUT2D eigenvalue weighted by Gasteiger charge is -2.03. The molecule has 5 heteroatoms. The fraction of sp³-hybridized carbons (Fsp3) is 0.176. The first kappa shape index (κ1) is 13.0. The molecule has 4 nitrogen and oxygen atoms in total. The van der Waals surface area contributed by atoms with Gasteiger partial charge in [-0.2, -0.15) is 0 Å². The first-order valence-corrected chi connectivity index (χ1v) is 7.25. The molecule has 4 rings (SSSR count). The number of nitrogens with one attached hydrogen (secondary N) is 1. The molecule has 0 atom stereocenters. The van der Waals surface area contributed by atoms with Crippen LogP contribution in [0.2, 0.25) is 0 Å². The molecule has 22 heavy (non-hydrogen) atoms. The number of hydrogen-bond donors (Lipinski definition) is 1. The molecule has 1 amide bonds. The maximum absolute atomic E-state index is 13.9. The highest BCUT2D eigenvalue weighted by molar-refractivity contribution is 5.93. The highest BCUT2D eigenvalue weighted by Crippen LogP contribution is 2.23. The van der Waals surface area contributed by atoms with E-state index in [0.717, 1.165) is 18.4 Å². The van der Waals surface area contributed by atoms with E-state index in [4.69, 9.17) is 0 Å². The van der Waals surface area contributed by atoms with E-state index in [2.05, 4.69) is 10.3 Å². The van der Waals surface area contributed by atoms with Crippen molar-refractivity contribution in [2.75, 3.05) is 0 Å². The predicted octanol–water partition coefficient (Wildman–Crippen LogP) is 3.03. The lowest BCUT2D eigenvalue weighted by atomic mass is 10.1. The summed E-state index contributed by atoms with van der Waals surface area (Å²) in [4.78, 5) is 16.3. The average molecular weight is 295 g/mol. The smallest absolute Gasteiger partial charge is 0.271 e. The third-order valence-corrected chi connectivity index (χ3v) is 3.78. The molecule has 1 aliphatic rings. The minimum Gasteiger partial charge on any atom is -0.348 e. The van der Waals surface area contributed by atoms with Crippen LogP contribution >= 0.6 is 0 Å². The summed E-state index contributed by atoms with van der Waals surface area (Å²) in [6, 6.07) is 10.5. The summed E-state index contributed by atoms with van der Waals surface area (Å²) in [6.07, 6.45) is 5.54. The Labute approximate surface area is 126 Å². The summed E-state index contributed by atoms with van der Waals surface area (Å²) in [5.74, 6) is -0.424. The number of nitrogens with zero attached hydrogens (tertiary/aromatic N) is 2. The highest BCUT2D eigenvalue weighted by atomic mass is 19.1. The molecule has 0 aliphatic heterocycles. The minimum atomic E-state index is -0.270. The molecule has 110 valence electrons. The second-order valence-electron chi connectivity index (χ2n) is 5.54. The van der Waals surface area contributed by atoms with Crippen molar-refractivity contribution < 1.29 is 9.18 Å². The van der Waals surface area contributed by atoms with Crippen LogP contribution in [-0.2, 0) is 0 Å². The van der Waals surface area contributed by atoms with Gasteiger partial charge in [0.1, 0.15) is 17.2 Å². The molecule has 0 spiro atoms. The normalized spacial score (nSPS) is 14.2. The zero-order chi connectivity index (χ0) is 15.1. The van der Waals surface area contributed by atoms with Crippen molar-refractivity contribution in [3.63, 3.8) is 0 Å². The van der Waals surface area contributed by atoms with E-state index in [0.29, 0.717) is 22.9 Å². The number of imidazole rings is 1. The number of carbonyl (C=O) groups is 1. The van der Waals surface area contributed by atoms with Gasteiger partial charge in [-0.1, -0.05) is 18.2 Å². The van der Waals surface area contributed by atoms with Crippen molar-refractivity contribution in [3.05, 3.63) is 60.3 Å². The lowest BCUT2D eigenvalue weighted by molar-refractivity contribution is 0.0946. The molecule has 0 radical (unpaired) electrons. The molecule has 3 aromatic rings. The van der Waals surface area contributed by atoms with Gasteiger partial charge >= 0.3 is 0 Å². The van der Waals surface area contributed by atoms with E-state index in [1.165, 1.54) is 6.07 Å². The summed E-state index contributed by atoms with van der Waals surface area (Å²) in [5.41, 5.74) is 2.33. The standard InChI is InChI=1S/C17H14FN3O/c18-14-4-2-1-3-13(14)11-5-8-16-20-15(10-21(16)9-11)17(22)19-12-6-7-12/h1-5,8-10,12H,6-7H2,(H,19,22). The number of fused-ring (bicyclic) bond motifs is 1. The van der Waals surface area contributed by atoms with Crippen LogP contribution in [0.3, 0.4) is 0 Å². The van der Waals surface area contributed by atoms with Crippen molar-refractivity contribution in [3.8, 4) is 11.1 Å². The second-order valence-corrected chi connectivity index (χ2v) is 5.54. The van der Waals surface area contributed by atoms with Crippen molar-refractivity contribution >= 4 is 11.6 Å². The van der Waals surface area contributed by atoms with Gasteiger partial charge in [-0.15, -0.1) is 0 Å². The number of halogens is 1. The van der Waals surface area contributed by atoms with Crippen LogP contribution in [0.4, 0.5) is 4.39 Å². The number of pyridine rings is 1. The Morgan fingerprint density at radius 1 is 1.18 bits per heavy atom. The first-order valence-electron chi connectivity index (χ1n) is 7.25. The van der Waals surface area contributed by atoms with Crippen LogP contribution in [0.25, 0.3) is 16.8 Å². The van der Waals surface area contributed by atoms with Crippen LogP contribution in [-0.4, -0.2) is 21.3 Å². The number of amides is 1. The zero-order valence-electron chi connectivity index (χ0n) is 11.8. The average Bonchev–Trinajstić information content (AvgIpc) is 3.23. The van der Waals surface area contributed by atoms with Crippen LogP contribution in [0, 0.1) is 5.82 Å². The second kappa shape index (κ2) is 4.94.